The number of aromatic nitrogens is 3. The van der Waals surface area contributed by atoms with Crippen LogP contribution in [0.3, 0.4) is 0 Å². The first kappa shape index (κ1) is 14.5. The third-order valence-electron chi connectivity index (χ3n) is 3.46. The fraction of sp³-hybridized carbons (Fsp3) is 0.200. The van der Waals surface area contributed by atoms with E-state index in [2.05, 4.69) is 20.1 Å². The molecule has 0 aliphatic rings. The summed E-state index contributed by atoms with van der Waals surface area (Å²) in [6.07, 6.45) is 0. The average Bonchev–Trinajstić information content (AvgIpc) is 2.85. The van der Waals surface area contributed by atoms with Gasteiger partial charge in [-0.1, -0.05) is 23.8 Å². The molecule has 0 radical (unpaired) electrons. The summed E-state index contributed by atoms with van der Waals surface area (Å²) in [5, 5.41) is 10.4. The van der Waals surface area contributed by atoms with Crippen molar-refractivity contribution in [2.24, 2.45) is 0 Å². The van der Waals surface area contributed by atoms with Crippen LogP contribution in [0.4, 0.5) is 5.69 Å². The first-order chi connectivity index (χ1) is 10.4. The number of hydrogen-bond donors (Lipinski definition) is 2. The lowest BCUT2D eigenvalue weighted by Crippen LogP contribution is -2.16. The first-order valence-electron chi connectivity index (χ1n) is 6.78. The van der Waals surface area contributed by atoms with E-state index in [1.54, 1.807) is 32.0 Å². The Hall–Kier alpha value is -2.41. The topological polar surface area (TPSA) is 87.7 Å². The minimum Gasteiger partial charge on any atom is -0.277 e. The number of benzene rings is 2. The number of hydrogen-bond acceptors (Lipinski definition) is 4. The van der Waals surface area contributed by atoms with Gasteiger partial charge in [0.15, 0.2) is 0 Å². The van der Waals surface area contributed by atoms with Crippen molar-refractivity contribution < 1.29 is 8.42 Å². The first-order valence-corrected chi connectivity index (χ1v) is 8.27. The zero-order valence-electron chi connectivity index (χ0n) is 12.5. The largest absolute Gasteiger partial charge is 0.277 e. The fourth-order valence-corrected chi connectivity index (χ4v) is 4.26. The quantitative estimate of drug-likeness (QED) is 0.777. The highest BCUT2D eigenvalue weighted by atomic mass is 32.2. The number of nitrogens with one attached hydrogen (secondary N) is 2. The zero-order valence-corrected chi connectivity index (χ0v) is 13.3. The van der Waals surface area contributed by atoms with Crippen molar-refractivity contribution in [1.29, 1.82) is 0 Å². The molecule has 2 aromatic carbocycles. The number of anilines is 1. The summed E-state index contributed by atoms with van der Waals surface area (Å²) in [6.45, 7) is 5.54. The van der Waals surface area contributed by atoms with E-state index in [0.29, 0.717) is 21.6 Å². The van der Waals surface area contributed by atoms with Crippen molar-refractivity contribution in [1.82, 2.24) is 15.4 Å². The number of aryl methyl sites for hydroxylation is 3. The standard InChI is InChI=1S/C15H16N4O2S/c1-9-7-10(2)15(11(3)8-9)22(20,21)18-13-6-4-5-12-14(13)17-19-16-12/h4-8,18H,1-3H3,(H,16,17,19). The molecule has 0 aliphatic heterocycles. The molecule has 1 aromatic heterocycles. The van der Waals surface area contributed by atoms with Gasteiger partial charge in [-0.3, -0.25) is 4.72 Å². The predicted molar refractivity (Wildman–Crippen MR) is 85.4 cm³/mol. The summed E-state index contributed by atoms with van der Waals surface area (Å²) in [6, 6.07) is 8.88. The molecule has 1 heterocycles. The molecule has 7 heteroatoms. The summed E-state index contributed by atoms with van der Waals surface area (Å²) in [5.41, 5.74) is 3.99. The van der Waals surface area contributed by atoms with Crippen LogP contribution in [0.15, 0.2) is 35.2 Å². The maximum absolute atomic E-state index is 12.8. The van der Waals surface area contributed by atoms with E-state index in [-0.39, 0.29) is 0 Å². The molecule has 0 spiro atoms. The van der Waals surface area contributed by atoms with Crippen molar-refractivity contribution in [2.75, 3.05) is 4.72 Å². The summed E-state index contributed by atoms with van der Waals surface area (Å²) in [7, 11) is -3.69. The second-order valence-electron chi connectivity index (χ2n) is 5.33. The molecule has 3 aromatic rings. The van der Waals surface area contributed by atoms with Gasteiger partial charge in [-0.2, -0.15) is 15.4 Å². The molecule has 0 saturated heterocycles. The Labute approximate surface area is 128 Å². The minimum atomic E-state index is -3.69. The molecule has 114 valence electrons. The average molecular weight is 316 g/mol. The van der Waals surface area contributed by atoms with Crippen LogP contribution in [0, 0.1) is 20.8 Å². The Morgan fingerprint density at radius 1 is 1.05 bits per heavy atom. The van der Waals surface area contributed by atoms with Gasteiger partial charge >= 0.3 is 0 Å². The molecule has 0 bridgehead atoms. The number of rotatable bonds is 3. The normalized spacial score (nSPS) is 11.8. The Kier molecular flexibility index (Phi) is 3.37. The highest BCUT2D eigenvalue weighted by Gasteiger charge is 2.21. The van der Waals surface area contributed by atoms with Crippen LogP contribution in [0.5, 0.6) is 0 Å². The van der Waals surface area contributed by atoms with E-state index in [1.807, 2.05) is 19.1 Å². The molecule has 0 aliphatic carbocycles. The van der Waals surface area contributed by atoms with Gasteiger partial charge in [-0.25, -0.2) is 8.42 Å². The van der Waals surface area contributed by atoms with Crippen LogP contribution < -0.4 is 4.72 Å². The molecule has 2 N–H and O–H groups in total. The molecule has 0 atom stereocenters. The van der Waals surface area contributed by atoms with Crippen molar-refractivity contribution in [3.05, 3.63) is 47.0 Å². The second kappa shape index (κ2) is 5.10. The van der Waals surface area contributed by atoms with E-state index in [1.165, 1.54) is 0 Å². The van der Waals surface area contributed by atoms with Gasteiger partial charge in [-0.05, 0) is 44.0 Å². The lowest BCUT2D eigenvalue weighted by Gasteiger charge is -2.14. The van der Waals surface area contributed by atoms with Gasteiger partial charge in [-0.15, -0.1) is 0 Å². The molecule has 0 unspecified atom stereocenters. The van der Waals surface area contributed by atoms with Gasteiger partial charge in [0, 0.05) is 0 Å². The van der Waals surface area contributed by atoms with Gasteiger partial charge in [0.1, 0.15) is 11.0 Å². The second-order valence-corrected chi connectivity index (χ2v) is 6.95. The van der Waals surface area contributed by atoms with E-state index in [4.69, 9.17) is 0 Å². The number of aromatic amines is 1. The fourth-order valence-electron chi connectivity index (χ4n) is 2.74. The van der Waals surface area contributed by atoms with Crippen molar-refractivity contribution in [3.8, 4) is 0 Å². The predicted octanol–water partition coefficient (Wildman–Crippen LogP) is 2.68. The highest BCUT2D eigenvalue weighted by Crippen LogP contribution is 2.26. The highest BCUT2D eigenvalue weighted by molar-refractivity contribution is 7.92. The van der Waals surface area contributed by atoms with Crippen LogP contribution in [-0.4, -0.2) is 23.8 Å². The van der Waals surface area contributed by atoms with Gasteiger partial charge in [0.25, 0.3) is 10.0 Å². The third-order valence-corrected chi connectivity index (χ3v) is 5.13. The van der Waals surface area contributed by atoms with Crippen LogP contribution in [0.2, 0.25) is 0 Å². The lowest BCUT2D eigenvalue weighted by atomic mass is 10.1. The lowest BCUT2D eigenvalue weighted by molar-refractivity contribution is 0.600. The Morgan fingerprint density at radius 3 is 2.41 bits per heavy atom. The molecular weight excluding hydrogens is 300 g/mol. The summed E-state index contributed by atoms with van der Waals surface area (Å²) < 4.78 is 28.1. The number of sulfonamides is 1. The van der Waals surface area contributed by atoms with E-state index >= 15 is 0 Å². The molecule has 0 saturated carbocycles. The van der Waals surface area contributed by atoms with Gasteiger partial charge < -0.3 is 0 Å². The monoisotopic (exact) mass is 316 g/mol. The smallest absolute Gasteiger partial charge is 0.262 e. The SMILES string of the molecule is Cc1cc(C)c(S(=O)(=O)Nc2cccc3n[nH]nc23)c(C)c1. The molecule has 0 fully saturated rings. The minimum absolute atomic E-state index is 0.304. The molecule has 0 amide bonds. The molecular formula is C15H16N4O2S. The summed E-state index contributed by atoms with van der Waals surface area (Å²) in [4.78, 5) is 0.304. The molecule has 6 nitrogen and oxygen atoms in total. The summed E-state index contributed by atoms with van der Waals surface area (Å²) in [5.74, 6) is 0. The molecule has 22 heavy (non-hydrogen) atoms. The van der Waals surface area contributed by atoms with E-state index < -0.39 is 10.0 Å². The number of para-hydroxylation sites is 1. The molecule has 3 rings (SSSR count). The van der Waals surface area contributed by atoms with E-state index in [0.717, 1.165) is 16.7 Å². The Morgan fingerprint density at radius 2 is 1.73 bits per heavy atom. The maximum Gasteiger partial charge on any atom is 0.262 e. The Bertz CT molecular complexity index is 938. The zero-order chi connectivity index (χ0) is 15.9. The Balaban J connectivity index is 2.10. The van der Waals surface area contributed by atoms with E-state index in [9.17, 15) is 8.42 Å². The number of fused-ring (bicyclic) bond motifs is 1. The van der Waals surface area contributed by atoms with Crippen molar-refractivity contribution >= 4 is 26.7 Å². The third kappa shape index (κ3) is 2.43. The maximum atomic E-state index is 12.8. The van der Waals surface area contributed by atoms with Gasteiger partial charge in [0.2, 0.25) is 0 Å². The summed E-state index contributed by atoms with van der Waals surface area (Å²) >= 11 is 0. The number of H-pyrrole nitrogens is 1. The number of nitrogens with zero attached hydrogens (tertiary/aromatic N) is 2. The van der Waals surface area contributed by atoms with Crippen LogP contribution in [-0.2, 0) is 10.0 Å². The van der Waals surface area contributed by atoms with Crippen LogP contribution >= 0.6 is 0 Å². The van der Waals surface area contributed by atoms with Gasteiger partial charge in [0.05, 0.1) is 10.6 Å². The van der Waals surface area contributed by atoms with Crippen molar-refractivity contribution in [2.45, 2.75) is 25.7 Å². The van der Waals surface area contributed by atoms with Crippen LogP contribution in [0.1, 0.15) is 16.7 Å². The van der Waals surface area contributed by atoms with Crippen molar-refractivity contribution in [3.63, 3.8) is 0 Å². The van der Waals surface area contributed by atoms with Crippen LogP contribution in [0.25, 0.3) is 11.0 Å².